The molecule has 1 heterocycles. The first kappa shape index (κ1) is 20.4. The molecule has 1 aliphatic rings. The summed E-state index contributed by atoms with van der Waals surface area (Å²) in [6, 6.07) is 16.8. The van der Waals surface area contributed by atoms with Gasteiger partial charge in [0.1, 0.15) is 0 Å². The highest BCUT2D eigenvalue weighted by molar-refractivity contribution is 6.01. The van der Waals surface area contributed by atoms with E-state index in [1.807, 2.05) is 18.2 Å². The van der Waals surface area contributed by atoms with Crippen molar-refractivity contribution < 1.29 is 14.4 Å². The van der Waals surface area contributed by atoms with Crippen LogP contribution in [-0.2, 0) is 11.3 Å². The smallest absolute Gasteiger partial charge is 0.324 e. The molecule has 1 saturated heterocycles. The Morgan fingerprint density at radius 1 is 1.10 bits per heavy atom. The molecule has 4 amide bonds. The fourth-order valence-electron chi connectivity index (χ4n) is 3.24. The van der Waals surface area contributed by atoms with E-state index in [1.54, 1.807) is 24.3 Å². The maximum atomic E-state index is 12.3. The van der Waals surface area contributed by atoms with Gasteiger partial charge in [0.15, 0.2) is 0 Å². The normalized spacial score (nSPS) is 13.3. The van der Waals surface area contributed by atoms with Gasteiger partial charge in [-0.2, -0.15) is 0 Å². The summed E-state index contributed by atoms with van der Waals surface area (Å²) in [6.07, 6.45) is 0.846. The molecule has 0 aromatic heterocycles. The lowest BCUT2D eigenvalue weighted by molar-refractivity contribution is -0.125. The molecule has 2 aromatic carbocycles. The minimum absolute atomic E-state index is 0.0407. The molecule has 3 rings (SSSR count). The minimum Gasteiger partial charge on any atom is -0.372 e. The van der Waals surface area contributed by atoms with Crippen LogP contribution in [0.3, 0.4) is 0 Å². The SMILES string of the molecule is CCN(CCCNC(=O)c1ccc(CN2C(=O)CNC2=O)cc1)c1ccccc1. The first-order chi connectivity index (χ1) is 14.1. The van der Waals surface area contributed by atoms with Gasteiger partial charge in [0.2, 0.25) is 5.91 Å². The number of carbonyl (C=O) groups is 3. The second-order valence-electron chi connectivity index (χ2n) is 6.86. The number of carbonyl (C=O) groups excluding carboxylic acids is 3. The number of nitrogens with one attached hydrogen (secondary N) is 2. The predicted molar refractivity (Wildman–Crippen MR) is 112 cm³/mol. The molecular weight excluding hydrogens is 368 g/mol. The average molecular weight is 394 g/mol. The molecule has 0 radical (unpaired) electrons. The minimum atomic E-state index is -0.381. The molecule has 152 valence electrons. The number of benzene rings is 2. The zero-order valence-corrected chi connectivity index (χ0v) is 16.6. The fraction of sp³-hybridized carbons (Fsp3) is 0.318. The summed E-state index contributed by atoms with van der Waals surface area (Å²) in [6.45, 7) is 4.74. The van der Waals surface area contributed by atoms with Crippen molar-refractivity contribution in [1.82, 2.24) is 15.5 Å². The number of urea groups is 1. The van der Waals surface area contributed by atoms with Crippen LogP contribution in [0, 0.1) is 0 Å². The van der Waals surface area contributed by atoms with Gasteiger partial charge in [-0.25, -0.2) is 4.79 Å². The van der Waals surface area contributed by atoms with E-state index in [0.717, 1.165) is 25.1 Å². The van der Waals surface area contributed by atoms with Crippen molar-refractivity contribution in [2.45, 2.75) is 19.9 Å². The number of hydrogen-bond donors (Lipinski definition) is 2. The fourth-order valence-corrected chi connectivity index (χ4v) is 3.24. The molecule has 2 N–H and O–H groups in total. The zero-order chi connectivity index (χ0) is 20.6. The molecule has 1 fully saturated rings. The average Bonchev–Trinajstić information content (AvgIpc) is 3.07. The van der Waals surface area contributed by atoms with Crippen molar-refractivity contribution in [3.63, 3.8) is 0 Å². The quantitative estimate of drug-likeness (QED) is 0.505. The number of amides is 4. The van der Waals surface area contributed by atoms with E-state index in [1.165, 1.54) is 10.6 Å². The predicted octanol–water partition coefficient (Wildman–Crippen LogP) is 2.38. The molecule has 0 unspecified atom stereocenters. The third-order valence-corrected chi connectivity index (χ3v) is 4.89. The summed E-state index contributed by atoms with van der Waals surface area (Å²) in [5.74, 6) is -0.372. The van der Waals surface area contributed by atoms with E-state index >= 15 is 0 Å². The highest BCUT2D eigenvalue weighted by Crippen LogP contribution is 2.13. The second kappa shape index (κ2) is 9.73. The Bertz CT molecular complexity index is 836. The van der Waals surface area contributed by atoms with E-state index in [9.17, 15) is 14.4 Å². The molecule has 2 aromatic rings. The summed E-state index contributed by atoms with van der Waals surface area (Å²) in [5, 5.41) is 5.43. The number of anilines is 1. The van der Waals surface area contributed by atoms with Gasteiger partial charge in [-0.3, -0.25) is 14.5 Å². The molecule has 0 spiro atoms. The monoisotopic (exact) mass is 394 g/mol. The number of hydrogen-bond acceptors (Lipinski definition) is 4. The Balaban J connectivity index is 1.44. The molecule has 0 saturated carbocycles. The molecule has 29 heavy (non-hydrogen) atoms. The third kappa shape index (κ3) is 5.34. The first-order valence-corrected chi connectivity index (χ1v) is 9.84. The lowest BCUT2D eigenvalue weighted by Gasteiger charge is -2.23. The van der Waals surface area contributed by atoms with Gasteiger partial charge in [-0.15, -0.1) is 0 Å². The van der Waals surface area contributed by atoms with Crippen LogP contribution in [-0.4, -0.2) is 48.9 Å². The van der Waals surface area contributed by atoms with E-state index in [0.29, 0.717) is 12.1 Å². The van der Waals surface area contributed by atoms with Gasteiger partial charge >= 0.3 is 6.03 Å². The van der Waals surface area contributed by atoms with Crippen LogP contribution in [0.5, 0.6) is 0 Å². The summed E-state index contributed by atoms with van der Waals surface area (Å²) in [5.41, 5.74) is 2.54. The van der Waals surface area contributed by atoms with Crippen molar-refractivity contribution in [1.29, 1.82) is 0 Å². The van der Waals surface area contributed by atoms with Crippen LogP contribution in [0.25, 0.3) is 0 Å². The van der Waals surface area contributed by atoms with Crippen molar-refractivity contribution >= 4 is 23.5 Å². The van der Waals surface area contributed by atoms with Crippen LogP contribution >= 0.6 is 0 Å². The summed E-state index contributed by atoms with van der Waals surface area (Å²) in [7, 11) is 0. The second-order valence-corrected chi connectivity index (χ2v) is 6.86. The molecule has 7 heteroatoms. The van der Waals surface area contributed by atoms with Crippen LogP contribution in [0.15, 0.2) is 54.6 Å². The molecule has 0 bridgehead atoms. The van der Waals surface area contributed by atoms with Gasteiger partial charge in [0.25, 0.3) is 5.91 Å². The summed E-state index contributed by atoms with van der Waals surface area (Å²) < 4.78 is 0. The Morgan fingerprint density at radius 2 is 1.83 bits per heavy atom. The molecular formula is C22H26N4O3. The van der Waals surface area contributed by atoms with Gasteiger partial charge in [-0.1, -0.05) is 30.3 Å². The Labute approximate surface area is 170 Å². The summed E-state index contributed by atoms with van der Waals surface area (Å²) in [4.78, 5) is 39.0. The molecule has 0 aliphatic carbocycles. The summed E-state index contributed by atoms with van der Waals surface area (Å²) >= 11 is 0. The number of rotatable bonds is 9. The molecule has 0 atom stereocenters. The van der Waals surface area contributed by atoms with Gasteiger partial charge in [0.05, 0.1) is 13.1 Å². The topological polar surface area (TPSA) is 81.8 Å². The van der Waals surface area contributed by atoms with E-state index in [2.05, 4.69) is 34.6 Å². The molecule has 7 nitrogen and oxygen atoms in total. The number of imide groups is 1. The highest BCUT2D eigenvalue weighted by atomic mass is 16.2. The van der Waals surface area contributed by atoms with Crippen LogP contribution in [0.2, 0.25) is 0 Å². The van der Waals surface area contributed by atoms with Gasteiger partial charge < -0.3 is 15.5 Å². The standard InChI is InChI=1S/C22H26N4O3/c1-2-25(19-7-4-3-5-8-19)14-6-13-23-21(28)18-11-9-17(10-12-18)16-26-20(27)15-24-22(26)29/h3-5,7-12H,2,6,13-16H2,1H3,(H,23,28)(H,24,29). The maximum absolute atomic E-state index is 12.3. The lowest BCUT2D eigenvalue weighted by atomic mass is 10.1. The number of para-hydroxylation sites is 1. The van der Waals surface area contributed by atoms with Crippen molar-refractivity contribution in [3.8, 4) is 0 Å². The van der Waals surface area contributed by atoms with Crippen molar-refractivity contribution in [3.05, 3.63) is 65.7 Å². The van der Waals surface area contributed by atoms with Crippen LogP contribution in [0.4, 0.5) is 10.5 Å². The van der Waals surface area contributed by atoms with Crippen molar-refractivity contribution in [2.24, 2.45) is 0 Å². The van der Waals surface area contributed by atoms with Gasteiger partial charge in [0, 0.05) is 30.9 Å². The first-order valence-electron chi connectivity index (χ1n) is 9.84. The Morgan fingerprint density at radius 3 is 2.45 bits per heavy atom. The van der Waals surface area contributed by atoms with E-state index in [4.69, 9.17) is 0 Å². The number of nitrogens with zero attached hydrogens (tertiary/aromatic N) is 2. The highest BCUT2D eigenvalue weighted by Gasteiger charge is 2.28. The van der Waals surface area contributed by atoms with Gasteiger partial charge in [-0.05, 0) is 43.2 Å². The Kier molecular flexibility index (Phi) is 6.84. The van der Waals surface area contributed by atoms with Crippen LogP contribution in [0.1, 0.15) is 29.3 Å². The van der Waals surface area contributed by atoms with Crippen LogP contribution < -0.4 is 15.5 Å². The third-order valence-electron chi connectivity index (χ3n) is 4.89. The van der Waals surface area contributed by atoms with E-state index < -0.39 is 0 Å². The van der Waals surface area contributed by atoms with Crippen molar-refractivity contribution in [2.75, 3.05) is 31.1 Å². The lowest BCUT2D eigenvalue weighted by Crippen LogP contribution is -2.30. The maximum Gasteiger partial charge on any atom is 0.324 e. The Hall–Kier alpha value is -3.35. The molecule has 1 aliphatic heterocycles. The largest absolute Gasteiger partial charge is 0.372 e. The zero-order valence-electron chi connectivity index (χ0n) is 16.6. The van der Waals surface area contributed by atoms with E-state index in [-0.39, 0.29) is 30.9 Å².